The minimum atomic E-state index is -2.39. The molecule has 0 bridgehead atoms. The van der Waals surface area contributed by atoms with Gasteiger partial charge in [-0.2, -0.15) is 0 Å². The third-order valence-electron chi connectivity index (χ3n) is 8.70. The molecular weight excluding hydrogens is 635 g/mol. The Labute approximate surface area is 265 Å². The molecule has 2 unspecified atom stereocenters. The van der Waals surface area contributed by atoms with Crippen LogP contribution in [0.15, 0.2) is 129 Å². The van der Waals surface area contributed by atoms with Gasteiger partial charge in [0, 0.05) is 0 Å². The minimum Gasteiger partial charge on any atom is -0.147 e. The van der Waals surface area contributed by atoms with Gasteiger partial charge in [-0.05, 0) is 0 Å². The third kappa shape index (κ3) is 5.14. The summed E-state index contributed by atoms with van der Waals surface area (Å²) in [5, 5.41) is 0. The van der Waals surface area contributed by atoms with Gasteiger partial charge in [-0.25, -0.2) is 0 Å². The first-order chi connectivity index (χ1) is 18.5. The van der Waals surface area contributed by atoms with Crippen molar-refractivity contribution in [2.45, 2.75) is 48.3 Å². The van der Waals surface area contributed by atoms with Crippen LogP contribution in [0.1, 0.15) is 55.9 Å². The van der Waals surface area contributed by atoms with Gasteiger partial charge in [0.1, 0.15) is 0 Å². The van der Waals surface area contributed by atoms with E-state index in [0.717, 1.165) is 0 Å². The van der Waals surface area contributed by atoms with Crippen LogP contribution in [0.5, 0.6) is 0 Å². The summed E-state index contributed by atoms with van der Waals surface area (Å²) in [5.74, 6) is 0.170. The first-order valence-electron chi connectivity index (χ1n) is 14.2. The SMILES string of the molecule is CC1=[C]([Zr]([CH3])([CH3])=[SiH2])C2=CC=CC(c3ccccc3)(C3C(c4ccccc4)=C(C(C)(C)C)c4ccccc43)C2=C1.Cl.Cl. The summed E-state index contributed by atoms with van der Waals surface area (Å²) in [7, 11) is 0. The fraction of sp³-hybridized carbons (Fsp3) is 0.243. The van der Waals surface area contributed by atoms with Crippen LogP contribution in [0.2, 0.25) is 9.26 Å². The smallest absolute Gasteiger partial charge is 0.147 e. The van der Waals surface area contributed by atoms with Gasteiger partial charge < -0.3 is 0 Å². The predicted molar refractivity (Wildman–Crippen MR) is 183 cm³/mol. The molecule has 41 heavy (non-hydrogen) atoms. The van der Waals surface area contributed by atoms with Crippen LogP contribution in [0.4, 0.5) is 0 Å². The summed E-state index contributed by atoms with van der Waals surface area (Å²) in [6, 6.07) is 31.8. The summed E-state index contributed by atoms with van der Waals surface area (Å²) < 4.78 is 6.84. The first-order valence-corrected chi connectivity index (χ1v) is 26.3. The van der Waals surface area contributed by atoms with Gasteiger partial charge in [0.25, 0.3) is 0 Å². The number of hydrogen-bond acceptors (Lipinski definition) is 0. The van der Waals surface area contributed by atoms with E-state index in [4.69, 9.17) is 0 Å². The molecule has 211 valence electrons. The van der Waals surface area contributed by atoms with Gasteiger partial charge in [0.15, 0.2) is 0 Å². The number of hydrogen-bond donors (Lipinski definition) is 0. The van der Waals surface area contributed by atoms with Gasteiger partial charge in [0.05, 0.1) is 0 Å². The average Bonchev–Trinajstić information content (AvgIpc) is 3.45. The molecule has 3 aromatic carbocycles. The standard InChI is InChI=1S/C35H31.2CH3.2ClH.H2Si.Zr/c1-24-22-26-16-13-21-35(30(26)23-24,27-17-9-6-10-18-27)33-29-20-12-11-19-28(29)32(34(2,3)4)31(33)25-14-7-5-8-15-25;;;;;;/h5-21,23,33H,1-4H3;2*1H3;2*1H;1H2;. The molecule has 0 aromatic heterocycles. The fourth-order valence-corrected chi connectivity index (χ4v) is 15.4. The van der Waals surface area contributed by atoms with E-state index in [0.29, 0.717) is 0 Å². The maximum absolute atomic E-state index is 2.57. The van der Waals surface area contributed by atoms with Crippen LogP contribution in [-0.2, 0) is 24.3 Å². The number of benzene rings is 3. The monoisotopic (exact) mass is 673 g/mol. The Morgan fingerprint density at radius 3 is 2.00 bits per heavy atom. The van der Waals surface area contributed by atoms with E-state index >= 15 is 0 Å². The van der Waals surface area contributed by atoms with E-state index in [9.17, 15) is 0 Å². The summed E-state index contributed by atoms with van der Waals surface area (Å²) >= 11 is -2.39. The van der Waals surface area contributed by atoms with Gasteiger partial charge in [0.2, 0.25) is 0 Å². The van der Waals surface area contributed by atoms with Crippen molar-refractivity contribution in [3.63, 3.8) is 0 Å². The summed E-state index contributed by atoms with van der Waals surface area (Å²) in [4.78, 5) is 0. The topological polar surface area (TPSA) is 0 Å². The second-order valence-electron chi connectivity index (χ2n) is 13.1. The van der Waals surface area contributed by atoms with Crippen LogP contribution in [0.25, 0.3) is 11.1 Å². The van der Waals surface area contributed by atoms with E-state index in [1.807, 2.05) is 0 Å². The molecule has 3 aliphatic rings. The Morgan fingerprint density at radius 2 is 1.39 bits per heavy atom. The molecule has 0 fully saturated rings. The van der Waals surface area contributed by atoms with Crippen molar-refractivity contribution < 1.29 is 18.9 Å². The molecule has 2 atom stereocenters. The van der Waals surface area contributed by atoms with Crippen molar-refractivity contribution in [3.8, 4) is 0 Å². The van der Waals surface area contributed by atoms with Crippen LogP contribution < -0.4 is 0 Å². The zero-order valence-corrected chi connectivity index (χ0v) is 30.5. The molecule has 3 aliphatic carbocycles. The molecule has 4 heteroatoms. The summed E-state index contributed by atoms with van der Waals surface area (Å²) in [6.07, 6.45) is 9.89. The first kappa shape index (κ1) is 32.0. The molecular formula is C37H41Cl2SiZr. The molecule has 3 aromatic rings. The Kier molecular flexibility index (Phi) is 9.05. The van der Waals surface area contributed by atoms with Crippen molar-refractivity contribution in [2.24, 2.45) is 5.41 Å². The number of rotatable bonds is 4. The quantitative estimate of drug-likeness (QED) is 0.242. The van der Waals surface area contributed by atoms with E-state index in [1.54, 1.807) is 3.28 Å². The molecule has 0 N–H and O–H groups in total. The zero-order chi connectivity index (χ0) is 27.6. The molecule has 0 amide bonds. The molecule has 0 spiro atoms. The second kappa shape index (κ2) is 11.6. The maximum Gasteiger partial charge on any atom is -0.147 e. The normalized spacial score (nSPS) is 21.5. The number of allylic oxidation sites excluding steroid dienone is 10. The van der Waals surface area contributed by atoms with Crippen LogP contribution in [0, 0.1) is 5.41 Å². The van der Waals surface area contributed by atoms with Crippen molar-refractivity contribution in [2.75, 3.05) is 0 Å². The van der Waals surface area contributed by atoms with E-state index in [1.165, 1.54) is 50.1 Å². The van der Waals surface area contributed by atoms with E-state index in [2.05, 4.69) is 153 Å². The van der Waals surface area contributed by atoms with Gasteiger partial charge in [-0.15, -0.1) is 24.8 Å². The van der Waals surface area contributed by atoms with E-state index < -0.39 is 18.9 Å². The molecule has 0 saturated heterocycles. The maximum atomic E-state index is 2.57. The molecule has 6 rings (SSSR count). The average molecular weight is 676 g/mol. The summed E-state index contributed by atoms with van der Waals surface area (Å²) in [5.41, 5.74) is 12.7. The molecule has 0 saturated carbocycles. The van der Waals surface area contributed by atoms with Crippen molar-refractivity contribution in [1.82, 2.24) is 0 Å². The third-order valence-corrected chi connectivity index (χ3v) is 15.7. The minimum absolute atomic E-state index is 0. The molecule has 0 nitrogen and oxygen atoms in total. The largest absolute Gasteiger partial charge is 0.147 e. The number of halogens is 2. The van der Waals surface area contributed by atoms with Gasteiger partial charge in [-0.1, -0.05) is 0 Å². The van der Waals surface area contributed by atoms with Crippen LogP contribution in [-0.4, -0.2) is 6.88 Å². The Hall–Kier alpha value is -1.96. The molecule has 0 aliphatic heterocycles. The van der Waals surface area contributed by atoms with Crippen molar-refractivity contribution >= 4 is 42.8 Å². The Morgan fingerprint density at radius 1 is 0.805 bits per heavy atom. The summed E-state index contributed by atoms with van der Waals surface area (Å²) in [6.45, 7) is 11.8. The second-order valence-corrected chi connectivity index (χ2v) is 34.0. The van der Waals surface area contributed by atoms with Crippen molar-refractivity contribution in [3.05, 3.63) is 151 Å². The number of fused-ring (bicyclic) bond motifs is 2. The fourth-order valence-electron chi connectivity index (χ4n) is 7.53. The predicted octanol–water partition coefficient (Wildman–Crippen LogP) is 10.0. The zero-order valence-electron chi connectivity index (χ0n) is 25.0. The van der Waals surface area contributed by atoms with E-state index in [-0.39, 0.29) is 41.6 Å². The molecule has 0 heterocycles. The van der Waals surface area contributed by atoms with Gasteiger partial charge in [-0.3, -0.25) is 0 Å². The molecule has 0 radical (unpaired) electrons. The van der Waals surface area contributed by atoms with Crippen LogP contribution >= 0.6 is 24.8 Å². The van der Waals surface area contributed by atoms with Crippen molar-refractivity contribution in [1.29, 1.82) is 0 Å². The Balaban J connectivity index is 0.00000194. The Bertz CT molecular complexity index is 1680. The van der Waals surface area contributed by atoms with Gasteiger partial charge >= 0.3 is 242 Å². The van der Waals surface area contributed by atoms with Crippen LogP contribution in [0.3, 0.4) is 0 Å².